The maximum absolute atomic E-state index is 12.1. The minimum atomic E-state index is -0.717. The second kappa shape index (κ2) is 18.7. The molecule has 0 radical (unpaired) electrons. The van der Waals surface area contributed by atoms with Gasteiger partial charge in [-0.1, -0.05) is 73.5 Å². The molecule has 0 aliphatic carbocycles. The molecule has 0 unspecified atom stereocenters. The summed E-state index contributed by atoms with van der Waals surface area (Å²) in [5.41, 5.74) is 4.12. The van der Waals surface area contributed by atoms with Gasteiger partial charge in [-0.2, -0.15) is 0 Å². The first-order valence-electron chi connectivity index (χ1n) is 13.3. The van der Waals surface area contributed by atoms with Gasteiger partial charge in [-0.3, -0.25) is 24.4 Å². The smallest absolute Gasteiger partial charge is 0.303 e. The minimum absolute atomic E-state index is 0.0114. The first-order chi connectivity index (χ1) is 19.4. The zero-order valence-electron chi connectivity index (χ0n) is 22.5. The van der Waals surface area contributed by atoms with Crippen LogP contribution in [-0.2, 0) is 20.8 Å². The molecule has 3 aromatic carbocycles. The molecule has 0 heterocycles. The molecule has 3 aromatic rings. The van der Waals surface area contributed by atoms with Crippen molar-refractivity contribution in [1.29, 1.82) is 0 Å². The molecule has 0 atom stereocenters. The Labute approximate surface area is 234 Å². The van der Waals surface area contributed by atoms with Gasteiger partial charge in [0.2, 0.25) is 11.8 Å². The van der Waals surface area contributed by atoms with Gasteiger partial charge in [0.25, 0.3) is 5.91 Å². The number of hydrogen-bond acceptors (Lipinski definition) is 5. The average molecular weight is 548 g/mol. The molecule has 0 bridgehead atoms. The van der Waals surface area contributed by atoms with E-state index in [1.807, 2.05) is 60.7 Å². The van der Waals surface area contributed by atoms with Crippen molar-refractivity contribution in [3.8, 4) is 0 Å². The average Bonchev–Trinajstić information content (AvgIpc) is 2.96. The number of carbonyl (C=O) groups excluding carboxylic acids is 3. The molecule has 212 valence electrons. The van der Waals surface area contributed by atoms with Crippen LogP contribution in [0.5, 0.6) is 0 Å². The van der Waals surface area contributed by atoms with E-state index in [0.29, 0.717) is 24.9 Å². The molecule has 0 aromatic heterocycles. The summed E-state index contributed by atoms with van der Waals surface area (Å²) < 4.78 is 0. The summed E-state index contributed by atoms with van der Waals surface area (Å²) in [6.45, 7) is 0. The Hall–Kier alpha value is -4.50. The maximum Gasteiger partial charge on any atom is 0.303 e. The molecule has 0 saturated carbocycles. The monoisotopic (exact) mass is 547 g/mol. The Morgan fingerprint density at radius 3 is 1.75 bits per heavy atom. The number of hydroxylamine groups is 1. The molecular weight excluding hydrogens is 510 g/mol. The van der Waals surface area contributed by atoms with Gasteiger partial charge in [-0.05, 0) is 55.5 Å². The number of hydrogen-bond donors (Lipinski definition) is 5. The quantitative estimate of drug-likeness (QED) is 0.0977. The molecule has 9 nitrogen and oxygen atoms in total. The highest BCUT2D eigenvalue weighted by Gasteiger charge is 2.12. The SMILES string of the molecule is O=C(CCCCCCC(=O)Nc1ccccc1C(=O)NO)Nc1ccccc1.O=C(O)CCCc1ccccc1. The molecule has 40 heavy (non-hydrogen) atoms. The summed E-state index contributed by atoms with van der Waals surface area (Å²) in [4.78, 5) is 45.7. The summed E-state index contributed by atoms with van der Waals surface area (Å²) in [7, 11) is 0. The van der Waals surface area contributed by atoms with Crippen molar-refractivity contribution in [2.24, 2.45) is 0 Å². The number of carboxylic acids is 1. The van der Waals surface area contributed by atoms with Crippen molar-refractivity contribution in [3.05, 3.63) is 96.1 Å². The minimum Gasteiger partial charge on any atom is -0.481 e. The molecule has 5 N–H and O–H groups in total. The normalized spacial score (nSPS) is 10.0. The number of benzene rings is 3. The highest BCUT2D eigenvalue weighted by atomic mass is 16.5. The van der Waals surface area contributed by atoms with E-state index in [1.54, 1.807) is 23.7 Å². The van der Waals surface area contributed by atoms with Crippen LogP contribution in [0.15, 0.2) is 84.9 Å². The number of unbranched alkanes of at least 4 members (excludes halogenated alkanes) is 3. The number of rotatable bonds is 14. The third kappa shape index (κ3) is 13.3. The van der Waals surface area contributed by atoms with Crippen LogP contribution in [0.4, 0.5) is 11.4 Å². The van der Waals surface area contributed by atoms with Crippen LogP contribution < -0.4 is 16.1 Å². The third-order valence-corrected chi connectivity index (χ3v) is 5.86. The molecule has 0 saturated heterocycles. The number of aryl methyl sites for hydroxylation is 1. The van der Waals surface area contributed by atoms with Crippen molar-refractivity contribution in [2.75, 3.05) is 10.6 Å². The van der Waals surface area contributed by atoms with E-state index < -0.39 is 11.9 Å². The van der Waals surface area contributed by atoms with Crippen molar-refractivity contribution < 1.29 is 29.5 Å². The zero-order valence-corrected chi connectivity index (χ0v) is 22.5. The topological polar surface area (TPSA) is 145 Å². The van der Waals surface area contributed by atoms with E-state index in [9.17, 15) is 19.2 Å². The van der Waals surface area contributed by atoms with E-state index in [0.717, 1.165) is 37.8 Å². The van der Waals surface area contributed by atoms with Gasteiger partial charge in [-0.15, -0.1) is 0 Å². The number of carbonyl (C=O) groups is 4. The molecule has 0 fully saturated rings. The van der Waals surface area contributed by atoms with Crippen LogP contribution in [0.2, 0.25) is 0 Å². The predicted octanol–water partition coefficient (Wildman–Crippen LogP) is 5.82. The lowest BCUT2D eigenvalue weighted by Gasteiger charge is -2.09. The number of nitrogens with one attached hydrogen (secondary N) is 3. The van der Waals surface area contributed by atoms with Gasteiger partial charge in [0, 0.05) is 24.9 Å². The van der Waals surface area contributed by atoms with E-state index in [1.165, 1.54) is 11.6 Å². The lowest BCUT2D eigenvalue weighted by Crippen LogP contribution is -2.21. The van der Waals surface area contributed by atoms with Crippen LogP contribution in [0.3, 0.4) is 0 Å². The molecule has 0 aliphatic rings. The number of para-hydroxylation sites is 2. The fourth-order valence-electron chi connectivity index (χ4n) is 3.82. The number of amides is 3. The third-order valence-electron chi connectivity index (χ3n) is 5.86. The predicted molar refractivity (Wildman–Crippen MR) is 154 cm³/mol. The molecule has 3 amide bonds. The molecule has 9 heteroatoms. The van der Waals surface area contributed by atoms with Gasteiger partial charge >= 0.3 is 5.97 Å². The highest BCUT2D eigenvalue weighted by molar-refractivity contribution is 6.03. The lowest BCUT2D eigenvalue weighted by molar-refractivity contribution is -0.137. The zero-order chi connectivity index (χ0) is 29.0. The number of aliphatic carboxylic acids is 1. The van der Waals surface area contributed by atoms with Crippen LogP contribution in [0.25, 0.3) is 0 Å². The van der Waals surface area contributed by atoms with Crippen molar-refractivity contribution in [3.63, 3.8) is 0 Å². The van der Waals surface area contributed by atoms with Gasteiger partial charge < -0.3 is 15.7 Å². The molecular formula is C31H37N3O6. The highest BCUT2D eigenvalue weighted by Crippen LogP contribution is 2.16. The van der Waals surface area contributed by atoms with Crippen molar-refractivity contribution in [1.82, 2.24) is 5.48 Å². The molecule has 0 aliphatic heterocycles. The van der Waals surface area contributed by atoms with Gasteiger partial charge in [-0.25, -0.2) is 5.48 Å². The molecule has 0 spiro atoms. The second-order valence-corrected chi connectivity index (χ2v) is 9.10. The van der Waals surface area contributed by atoms with Gasteiger partial charge in [0.1, 0.15) is 0 Å². The van der Waals surface area contributed by atoms with Crippen molar-refractivity contribution >= 4 is 35.1 Å². The molecule has 3 rings (SSSR count). The maximum atomic E-state index is 12.1. The van der Waals surface area contributed by atoms with E-state index in [-0.39, 0.29) is 23.8 Å². The van der Waals surface area contributed by atoms with Crippen LogP contribution >= 0.6 is 0 Å². The Morgan fingerprint density at radius 2 is 1.15 bits per heavy atom. The van der Waals surface area contributed by atoms with Crippen LogP contribution in [-0.4, -0.2) is 34.0 Å². The van der Waals surface area contributed by atoms with Crippen LogP contribution in [0.1, 0.15) is 67.3 Å². The first kappa shape index (κ1) is 31.7. The van der Waals surface area contributed by atoms with Crippen molar-refractivity contribution in [2.45, 2.75) is 57.8 Å². The number of carboxylic acid groups (broad SMARTS) is 1. The van der Waals surface area contributed by atoms with E-state index >= 15 is 0 Å². The fourth-order valence-corrected chi connectivity index (χ4v) is 3.82. The summed E-state index contributed by atoms with van der Waals surface area (Å²) in [6.07, 6.45) is 5.77. The van der Waals surface area contributed by atoms with Crippen LogP contribution in [0, 0.1) is 0 Å². The number of anilines is 2. The fraction of sp³-hybridized carbons (Fsp3) is 0.290. The Bertz CT molecular complexity index is 1200. The standard InChI is InChI=1S/C21H25N3O4.C10H12O2/c25-19(22-16-10-4-3-5-11-16)14-6-1-2-7-15-20(26)23-18-13-9-8-12-17(18)21(27)24-28;11-10(12)8-4-7-9-5-2-1-3-6-9/h3-5,8-13,28H,1-2,6-7,14-15H2,(H,22,25)(H,23,26)(H,24,27);1-3,5-6H,4,7-8H2,(H,11,12). The summed E-state index contributed by atoms with van der Waals surface area (Å²) in [6, 6.07) is 25.7. The van der Waals surface area contributed by atoms with E-state index in [2.05, 4.69) is 10.6 Å². The lowest BCUT2D eigenvalue weighted by atomic mass is 10.1. The van der Waals surface area contributed by atoms with E-state index in [4.69, 9.17) is 10.3 Å². The summed E-state index contributed by atoms with van der Waals surface area (Å²) in [5.74, 6) is -1.60. The van der Waals surface area contributed by atoms with Gasteiger partial charge in [0.15, 0.2) is 0 Å². The first-order valence-corrected chi connectivity index (χ1v) is 13.3. The Kier molecular flexibility index (Phi) is 14.8. The largest absolute Gasteiger partial charge is 0.481 e. The second-order valence-electron chi connectivity index (χ2n) is 9.10. The van der Waals surface area contributed by atoms with Gasteiger partial charge in [0.05, 0.1) is 11.3 Å². The summed E-state index contributed by atoms with van der Waals surface area (Å²) >= 11 is 0. The summed E-state index contributed by atoms with van der Waals surface area (Å²) in [5, 5.41) is 22.7. The Morgan fingerprint density at radius 1 is 0.600 bits per heavy atom. The Balaban J connectivity index is 0.000000389.